The molecule has 1 atom stereocenters. The summed E-state index contributed by atoms with van der Waals surface area (Å²) in [5.41, 5.74) is 1.22. The molecule has 3 N–H and O–H groups in total. The maximum atomic E-state index is 13.7. The molecule has 2 aromatic rings. The third-order valence-electron chi connectivity index (χ3n) is 5.09. The van der Waals surface area contributed by atoms with Gasteiger partial charge < -0.3 is 15.1 Å². The van der Waals surface area contributed by atoms with E-state index in [0.29, 0.717) is 0 Å². The number of amides is 1. The molecule has 138 valence electrons. The van der Waals surface area contributed by atoms with Crippen LogP contribution in [-0.2, 0) is 11.3 Å². The molecule has 0 aromatic heterocycles. The van der Waals surface area contributed by atoms with Gasteiger partial charge in [-0.2, -0.15) is 0 Å². The van der Waals surface area contributed by atoms with Crippen LogP contribution in [0.15, 0.2) is 48.5 Å². The lowest BCUT2D eigenvalue weighted by atomic mass is 10.1. The molecule has 1 amide bonds. The summed E-state index contributed by atoms with van der Waals surface area (Å²) in [6.07, 6.45) is 0. The van der Waals surface area contributed by atoms with E-state index in [9.17, 15) is 13.6 Å². The zero-order chi connectivity index (χ0) is 18.5. The van der Waals surface area contributed by atoms with E-state index in [0.717, 1.165) is 50.9 Å². The lowest BCUT2D eigenvalue weighted by Crippen LogP contribution is -3.29. The topological polar surface area (TPSA) is 38.0 Å². The van der Waals surface area contributed by atoms with Crippen molar-refractivity contribution in [3.05, 3.63) is 65.7 Å². The van der Waals surface area contributed by atoms with Gasteiger partial charge in [0.05, 0.1) is 5.69 Å². The minimum atomic E-state index is -0.626. The first-order chi connectivity index (χ1) is 12.5. The third kappa shape index (κ3) is 4.65. The van der Waals surface area contributed by atoms with E-state index in [1.807, 2.05) is 25.1 Å². The number of halogens is 2. The van der Waals surface area contributed by atoms with Crippen LogP contribution in [0.5, 0.6) is 0 Å². The predicted molar refractivity (Wildman–Crippen MR) is 96.0 cm³/mol. The second-order valence-corrected chi connectivity index (χ2v) is 6.91. The van der Waals surface area contributed by atoms with Gasteiger partial charge in [0.25, 0.3) is 5.91 Å². The molecule has 0 aliphatic carbocycles. The Morgan fingerprint density at radius 2 is 1.77 bits per heavy atom. The van der Waals surface area contributed by atoms with Gasteiger partial charge in [-0.15, -0.1) is 0 Å². The Morgan fingerprint density at radius 1 is 1.08 bits per heavy atom. The standard InChI is InChI=1S/C20H23F2N3O/c1-15(20(26)23-19-13-17(21)7-8-18(19)22)25-11-9-24(10-12-25)14-16-5-3-2-4-6-16/h2-8,13,15H,9-12,14H2,1H3,(H,23,26)/p+2/t15-/m0/s1. The first kappa shape index (κ1) is 18.5. The average Bonchev–Trinajstić information content (AvgIpc) is 2.65. The normalized spacial score (nSPS) is 21.2. The molecule has 0 spiro atoms. The molecule has 1 fully saturated rings. The third-order valence-corrected chi connectivity index (χ3v) is 5.09. The largest absolute Gasteiger partial charge is 0.322 e. The molecule has 0 saturated carbocycles. The van der Waals surface area contributed by atoms with Gasteiger partial charge in [-0.25, -0.2) is 8.78 Å². The molecule has 3 rings (SSSR count). The number of benzene rings is 2. The summed E-state index contributed by atoms with van der Waals surface area (Å²) in [5.74, 6) is -1.48. The van der Waals surface area contributed by atoms with Gasteiger partial charge in [-0.05, 0) is 19.1 Å². The molecule has 1 aliphatic heterocycles. The minimum absolute atomic E-state index is 0.102. The summed E-state index contributed by atoms with van der Waals surface area (Å²) in [6.45, 7) is 6.55. The van der Waals surface area contributed by atoms with Gasteiger partial charge in [-0.3, -0.25) is 4.79 Å². The summed E-state index contributed by atoms with van der Waals surface area (Å²) < 4.78 is 27.0. The van der Waals surface area contributed by atoms with E-state index in [2.05, 4.69) is 17.4 Å². The number of nitrogens with one attached hydrogen (secondary N) is 3. The number of quaternary nitrogens is 2. The molecule has 0 unspecified atom stereocenters. The summed E-state index contributed by atoms with van der Waals surface area (Å²) >= 11 is 0. The van der Waals surface area contributed by atoms with Crippen LogP contribution >= 0.6 is 0 Å². The van der Waals surface area contributed by atoms with Gasteiger partial charge in [0, 0.05) is 11.6 Å². The number of anilines is 1. The Bertz CT molecular complexity index is 746. The van der Waals surface area contributed by atoms with E-state index in [1.165, 1.54) is 15.4 Å². The van der Waals surface area contributed by atoms with E-state index in [1.54, 1.807) is 0 Å². The van der Waals surface area contributed by atoms with Gasteiger partial charge in [-0.1, -0.05) is 30.3 Å². The monoisotopic (exact) mass is 361 g/mol. The number of carbonyl (C=O) groups excluding carboxylic acids is 1. The summed E-state index contributed by atoms with van der Waals surface area (Å²) in [5, 5.41) is 2.52. The highest BCUT2D eigenvalue weighted by Gasteiger charge is 2.31. The van der Waals surface area contributed by atoms with Crippen LogP contribution < -0.4 is 15.1 Å². The van der Waals surface area contributed by atoms with Crippen LogP contribution in [0.25, 0.3) is 0 Å². The SMILES string of the molecule is C[C@@H](C(=O)Nc1cc(F)ccc1F)[NH+]1CC[NH+](Cc2ccccc2)CC1. The van der Waals surface area contributed by atoms with Gasteiger partial charge in [0.2, 0.25) is 0 Å². The molecular weight excluding hydrogens is 336 g/mol. The lowest BCUT2D eigenvalue weighted by Gasteiger charge is -2.32. The molecule has 4 nitrogen and oxygen atoms in total. The van der Waals surface area contributed by atoms with Crippen molar-refractivity contribution in [2.75, 3.05) is 31.5 Å². The minimum Gasteiger partial charge on any atom is -0.322 e. The molecule has 1 heterocycles. The van der Waals surface area contributed by atoms with Gasteiger partial charge in [0.1, 0.15) is 44.4 Å². The van der Waals surface area contributed by atoms with Crippen molar-refractivity contribution in [2.45, 2.75) is 19.5 Å². The maximum absolute atomic E-state index is 13.7. The van der Waals surface area contributed by atoms with Crippen LogP contribution in [-0.4, -0.2) is 38.1 Å². The molecule has 2 aromatic carbocycles. The second kappa shape index (κ2) is 8.38. The van der Waals surface area contributed by atoms with E-state index in [4.69, 9.17) is 0 Å². The van der Waals surface area contributed by atoms with Crippen LogP contribution in [0, 0.1) is 11.6 Å². The Labute approximate surface area is 152 Å². The van der Waals surface area contributed by atoms with E-state index in [-0.39, 0.29) is 17.6 Å². The molecule has 1 aliphatic rings. The highest BCUT2D eigenvalue weighted by atomic mass is 19.1. The van der Waals surface area contributed by atoms with Crippen LogP contribution in [0.4, 0.5) is 14.5 Å². The van der Waals surface area contributed by atoms with Crippen LogP contribution in [0.1, 0.15) is 12.5 Å². The Kier molecular flexibility index (Phi) is 5.96. The first-order valence-electron chi connectivity index (χ1n) is 9.01. The highest BCUT2D eigenvalue weighted by molar-refractivity contribution is 5.93. The number of hydrogen-bond donors (Lipinski definition) is 3. The van der Waals surface area contributed by atoms with Gasteiger partial charge in [0.15, 0.2) is 6.04 Å². The molecular formula is C20H25F2N3O+2. The first-order valence-corrected chi connectivity index (χ1v) is 9.01. The Hall–Kier alpha value is -2.31. The number of hydrogen-bond acceptors (Lipinski definition) is 1. The van der Waals surface area contributed by atoms with Crippen molar-refractivity contribution < 1.29 is 23.4 Å². The summed E-state index contributed by atoms with van der Waals surface area (Å²) in [7, 11) is 0. The van der Waals surface area contributed by atoms with Crippen molar-refractivity contribution in [1.29, 1.82) is 0 Å². The molecule has 0 radical (unpaired) electrons. The zero-order valence-electron chi connectivity index (χ0n) is 14.9. The van der Waals surface area contributed by atoms with Crippen molar-refractivity contribution in [1.82, 2.24) is 0 Å². The van der Waals surface area contributed by atoms with Crippen LogP contribution in [0.2, 0.25) is 0 Å². The summed E-state index contributed by atoms with van der Waals surface area (Å²) in [4.78, 5) is 15.1. The van der Waals surface area contributed by atoms with Crippen molar-refractivity contribution >= 4 is 11.6 Å². The molecule has 26 heavy (non-hydrogen) atoms. The van der Waals surface area contributed by atoms with Crippen molar-refractivity contribution in [3.63, 3.8) is 0 Å². The van der Waals surface area contributed by atoms with Crippen LogP contribution in [0.3, 0.4) is 0 Å². The van der Waals surface area contributed by atoms with E-state index < -0.39 is 11.6 Å². The van der Waals surface area contributed by atoms with E-state index >= 15 is 0 Å². The highest BCUT2D eigenvalue weighted by Crippen LogP contribution is 2.15. The fourth-order valence-electron chi connectivity index (χ4n) is 3.44. The number of rotatable bonds is 5. The lowest BCUT2D eigenvalue weighted by molar-refractivity contribution is -1.02. The fraction of sp³-hybridized carbons (Fsp3) is 0.350. The number of carbonyl (C=O) groups is 1. The summed E-state index contributed by atoms with van der Waals surface area (Å²) in [6, 6.07) is 13.1. The molecule has 6 heteroatoms. The van der Waals surface area contributed by atoms with Crippen molar-refractivity contribution in [2.24, 2.45) is 0 Å². The van der Waals surface area contributed by atoms with Gasteiger partial charge >= 0.3 is 0 Å². The van der Waals surface area contributed by atoms with Crippen molar-refractivity contribution in [3.8, 4) is 0 Å². The predicted octanol–water partition coefficient (Wildman–Crippen LogP) is 0.275. The maximum Gasteiger partial charge on any atom is 0.282 e. The quantitative estimate of drug-likeness (QED) is 0.703. The molecule has 1 saturated heterocycles. The second-order valence-electron chi connectivity index (χ2n) is 6.91. The Balaban J connectivity index is 1.52. The average molecular weight is 361 g/mol. The Morgan fingerprint density at radius 3 is 2.46 bits per heavy atom. The fourth-order valence-corrected chi connectivity index (χ4v) is 3.44. The number of piperazine rings is 1. The molecule has 0 bridgehead atoms. The zero-order valence-corrected chi connectivity index (χ0v) is 14.9. The smallest absolute Gasteiger partial charge is 0.282 e.